The summed E-state index contributed by atoms with van der Waals surface area (Å²) in [7, 11) is 0. The topological polar surface area (TPSA) is 22.8 Å². The second kappa shape index (κ2) is 13.3. The van der Waals surface area contributed by atoms with Crippen LogP contribution in [0.1, 0.15) is 22.7 Å². The molecule has 56 heavy (non-hydrogen) atoms. The van der Waals surface area contributed by atoms with Crippen molar-refractivity contribution in [3.05, 3.63) is 217 Å². The van der Waals surface area contributed by atoms with Gasteiger partial charge in [0.15, 0.2) is 0 Å². The maximum absolute atomic E-state index is 5.31. The van der Waals surface area contributed by atoms with Gasteiger partial charge in [0.05, 0.1) is 22.2 Å². The fourth-order valence-corrected chi connectivity index (χ4v) is 8.80. The standard InChI is InChI=1S/C53H37N3/c1-4-14-36(15-5-1)42-34-48(39-16-6-2-7-17-39)54-53(35-42)56-50-23-13-11-21-45(50)47-33-41(29-31-52(47)56)38-26-24-37(25-27-38)40-28-30-51-46(32-40)44-20-10-12-22-49(44)55(51)43-18-8-3-9-19-43/h1-31,33-35,40H,32H2. The van der Waals surface area contributed by atoms with Gasteiger partial charge in [0.1, 0.15) is 5.82 Å². The highest BCUT2D eigenvalue weighted by atomic mass is 15.1. The molecule has 1 unspecified atom stereocenters. The second-order valence-electron chi connectivity index (χ2n) is 14.8. The van der Waals surface area contributed by atoms with Gasteiger partial charge in [-0.2, -0.15) is 0 Å². The van der Waals surface area contributed by atoms with E-state index in [9.17, 15) is 0 Å². The SMILES string of the molecule is C1=CC(c2ccc(-c3ccc4c(c3)c3ccccc3n4-c3cc(-c4ccccc4)cc(-c4ccccc4)n3)cc2)Cc2c1n(-c1ccccc1)c1ccccc21. The molecule has 3 aromatic heterocycles. The molecule has 10 aromatic rings. The van der Waals surface area contributed by atoms with Crippen molar-refractivity contribution in [3.8, 4) is 45.0 Å². The highest BCUT2D eigenvalue weighted by Gasteiger charge is 2.24. The van der Waals surface area contributed by atoms with Crippen molar-refractivity contribution < 1.29 is 0 Å². The van der Waals surface area contributed by atoms with Gasteiger partial charge in [-0.25, -0.2) is 4.98 Å². The van der Waals surface area contributed by atoms with E-state index >= 15 is 0 Å². The van der Waals surface area contributed by atoms with Gasteiger partial charge in [-0.05, 0) is 94.4 Å². The molecule has 1 aliphatic rings. The summed E-state index contributed by atoms with van der Waals surface area (Å²) in [5.41, 5.74) is 15.6. The molecule has 3 heteroatoms. The lowest BCUT2D eigenvalue weighted by Gasteiger charge is -2.20. The largest absolute Gasteiger partial charge is 0.310 e. The molecule has 0 saturated heterocycles. The Bertz CT molecular complexity index is 3020. The molecule has 0 aliphatic heterocycles. The molecule has 264 valence electrons. The second-order valence-corrected chi connectivity index (χ2v) is 14.8. The molecule has 1 aliphatic carbocycles. The van der Waals surface area contributed by atoms with Gasteiger partial charge < -0.3 is 4.57 Å². The number of aromatic nitrogens is 3. The van der Waals surface area contributed by atoms with Crippen molar-refractivity contribution in [2.24, 2.45) is 0 Å². The van der Waals surface area contributed by atoms with E-state index in [0.29, 0.717) is 5.92 Å². The molecule has 7 aromatic carbocycles. The van der Waals surface area contributed by atoms with Crippen LogP contribution in [-0.4, -0.2) is 14.1 Å². The summed E-state index contributed by atoms with van der Waals surface area (Å²) in [5.74, 6) is 1.22. The van der Waals surface area contributed by atoms with Gasteiger partial charge in [-0.3, -0.25) is 4.57 Å². The molecule has 0 fully saturated rings. The molecule has 3 heterocycles. The van der Waals surface area contributed by atoms with E-state index in [1.54, 1.807) is 0 Å². The zero-order chi connectivity index (χ0) is 37.0. The average molecular weight is 716 g/mol. The molecule has 0 saturated carbocycles. The Morgan fingerprint density at radius 2 is 1.02 bits per heavy atom. The molecule has 1 atom stereocenters. The van der Waals surface area contributed by atoms with Gasteiger partial charge in [0.25, 0.3) is 0 Å². The number of benzene rings is 7. The van der Waals surface area contributed by atoms with Gasteiger partial charge in [0.2, 0.25) is 0 Å². The molecule has 0 bridgehead atoms. The van der Waals surface area contributed by atoms with E-state index in [1.165, 1.54) is 60.9 Å². The predicted octanol–water partition coefficient (Wildman–Crippen LogP) is 13.5. The van der Waals surface area contributed by atoms with Gasteiger partial charge in [-0.15, -0.1) is 0 Å². The quantitative estimate of drug-likeness (QED) is 0.168. The highest BCUT2D eigenvalue weighted by molar-refractivity contribution is 6.10. The number of nitrogens with zero attached hydrogens (tertiary/aromatic N) is 3. The van der Waals surface area contributed by atoms with Crippen molar-refractivity contribution >= 4 is 38.8 Å². The summed E-state index contributed by atoms with van der Waals surface area (Å²) in [6.07, 6.45) is 5.70. The third-order valence-corrected chi connectivity index (χ3v) is 11.5. The van der Waals surface area contributed by atoms with Crippen LogP contribution in [-0.2, 0) is 6.42 Å². The Morgan fingerprint density at radius 3 is 1.77 bits per heavy atom. The third-order valence-electron chi connectivity index (χ3n) is 11.5. The Labute approximate surface area is 326 Å². The van der Waals surface area contributed by atoms with Crippen LogP contribution >= 0.6 is 0 Å². The number of pyridine rings is 1. The Balaban J connectivity index is 0.966. The van der Waals surface area contributed by atoms with E-state index in [0.717, 1.165) is 40.1 Å². The predicted molar refractivity (Wildman–Crippen MR) is 234 cm³/mol. The number of fused-ring (bicyclic) bond motifs is 6. The van der Waals surface area contributed by atoms with E-state index in [4.69, 9.17) is 4.98 Å². The van der Waals surface area contributed by atoms with E-state index in [-0.39, 0.29) is 0 Å². The number of hydrogen-bond donors (Lipinski definition) is 0. The van der Waals surface area contributed by atoms with Crippen LogP contribution < -0.4 is 0 Å². The van der Waals surface area contributed by atoms with Crippen LogP contribution in [0.3, 0.4) is 0 Å². The van der Waals surface area contributed by atoms with Crippen molar-refractivity contribution in [1.82, 2.24) is 14.1 Å². The average Bonchev–Trinajstić information content (AvgIpc) is 3.79. The number of allylic oxidation sites excluding steroid dienone is 1. The Kier molecular flexibility index (Phi) is 7.63. The third kappa shape index (κ3) is 5.39. The Morgan fingerprint density at radius 1 is 0.429 bits per heavy atom. The summed E-state index contributed by atoms with van der Waals surface area (Å²) in [5, 5.41) is 3.77. The van der Waals surface area contributed by atoms with Crippen LogP contribution in [0.15, 0.2) is 200 Å². The zero-order valence-electron chi connectivity index (χ0n) is 30.8. The first-order valence-corrected chi connectivity index (χ1v) is 19.4. The fourth-order valence-electron chi connectivity index (χ4n) is 8.80. The summed E-state index contributed by atoms with van der Waals surface area (Å²) in [4.78, 5) is 5.31. The first-order valence-electron chi connectivity index (χ1n) is 19.4. The minimum atomic E-state index is 0.312. The van der Waals surface area contributed by atoms with Crippen LogP contribution in [0.4, 0.5) is 0 Å². The van der Waals surface area contributed by atoms with Crippen molar-refractivity contribution in [2.75, 3.05) is 0 Å². The van der Waals surface area contributed by atoms with Crippen molar-refractivity contribution in [2.45, 2.75) is 12.3 Å². The molecular formula is C53H37N3. The zero-order valence-corrected chi connectivity index (χ0v) is 30.8. The van der Waals surface area contributed by atoms with Crippen molar-refractivity contribution in [1.29, 1.82) is 0 Å². The molecule has 3 nitrogen and oxygen atoms in total. The maximum atomic E-state index is 5.31. The lowest BCUT2D eigenvalue weighted by atomic mass is 9.86. The first kappa shape index (κ1) is 32.2. The molecule has 0 spiro atoms. The molecule has 0 radical (unpaired) electrons. The van der Waals surface area contributed by atoms with Crippen LogP contribution in [0.5, 0.6) is 0 Å². The summed E-state index contributed by atoms with van der Waals surface area (Å²) < 4.78 is 4.74. The smallest absolute Gasteiger partial charge is 0.138 e. The van der Waals surface area contributed by atoms with Crippen molar-refractivity contribution in [3.63, 3.8) is 0 Å². The van der Waals surface area contributed by atoms with Gasteiger partial charge in [-0.1, -0.05) is 152 Å². The number of rotatable bonds is 6. The lowest BCUT2D eigenvalue weighted by Crippen LogP contribution is -2.07. The Hall–Kier alpha value is -7.23. The molecule has 0 amide bonds. The maximum Gasteiger partial charge on any atom is 0.138 e. The van der Waals surface area contributed by atoms with Crippen LogP contribution in [0.2, 0.25) is 0 Å². The lowest BCUT2D eigenvalue weighted by molar-refractivity contribution is 0.825. The first-order chi connectivity index (χ1) is 27.8. The monoisotopic (exact) mass is 715 g/mol. The van der Waals surface area contributed by atoms with Gasteiger partial charge >= 0.3 is 0 Å². The van der Waals surface area contributed by atoms with Crippen LogP contribution in [0, 0.1) is 0 Å². The molecule has 11 rings (SSSR count). The van der Waals surface area contributed by atoms with E-state index in [1.807, 2.05) is 0 Å². The fraction of sp³-hybridized carbons (Fsp3) is 0.0377. The summed E-state index contributed by atoms with van der Waals surface area (Å²) in [6.45, 7) is 0. The number of para-hydroxylation sites is 3. The summed E-state index contributed by atoms with van der Waals surface area (Å²) in [6, 6.07) is 69.9. The van der Waals surface area contributed by atoms with E-state index in [2.05, 4.69) is 215 Å². The van der Waals surface area contributed by atoms with Gasteiger partial charge in [0, 0.05) is 39.0 Å². The minimum absolute atomic E-state index is 0.312. The normalized spacial score (nSPS) is 13.8. The molecular weight excluding hydrogens is 679 g/mol. The molecule has 0 N–H and O–H groups in total. The minimum Gasteiger partial charge on any atom is -0.310 e. The summed E-state index contributed by atoms with van der Waals surface area (Å²) >= 11 is 0. The number of hydrogen-bond acceptors (Lipinski definition) is 1. The van der Waals surface area contributed by atoms with E-state index < -0.39 is 0 Å². The van der Waals surface area contributed by atoms with Crippen LogP contribution in [0.25, 0.3) is 83.8 Å². The highest BCUT2D eigenvalue weighted by Crippen LogP contribution is 2.40.